The van der Waals surface area contributed by atoms with Gasteiger partial charge in [-0.25, -0.2) is 9.18 Å². The van der Waals surface area contributed by atoms with Crippen molar-refractivity contribution in [2.75, 3.05) is 25.1 Å². The van der Waals surface area contributed by atoms with Gasteiger partial charge in [-0.15, -0.1) is 0 Å². The topological polar surface area (TPSA) is 73.9 Å². The predicted octanol–water partition coefficient (Wildman–Crippen LogP) is 1.85. The molecule has 0 aromatic heterocycles. The van der Waals surface area contributed by atoms with Crippen molar-refractivity contribution in [2.24, 2.45) is 0 Å². The first-order chi connectivity index (χ1) is 10.1. The van der Waals surface area contributed by atoms with Gasteiger partial charge in [0.2, 0.25) is 5.76 Å². The fraction of sp³-hybridized carbons (Fsp3) is 0.231. The molecule has 1 N–H and O–H groups in total. The molecule has 0 bridgehead atoms. The normalized spacial score (nSPS) is 13.5. The van der Waals surface area contributed by atoms with Gasteiger partial charge in [0.25, 0.3) is 5.91 Å². The van der Waals surface area contributed by atoms with Gasteiger partial charge < -0.3 is 19.5 Å². The second-order valence-corrected chi connectivity index (χ2v) is 4.39. The molecule has 1 amide bonds. The van der Waals surface area contributed by atoms with Crippen molar-refractivity contribution < 1.29 is 28.2 Å². The molecular weight excluding hydrogens is 305 g/mol. The van der Waals surface area contributed by atoms with E-state index in [0.717, 1.165) is 12.3 Å². The van der Waals surface area contributed by atoms with E-state index in [-0.39, 0.29) is 23.1 Å². The van der Waals surface area contributed by atoms with Crippen LogP contribution in [0.2, 0.25) is 5.02 Å². The molecule has 1 heterocycles. The average Bonchev–Trinajstić information content (AvgIpc) is 2.49. The van der Waals surface area contributed by atoms with Gasteiger partial charge >= 0.3 is 5.97 Å². The van der Waals surface area contributed by atoms with Crippen molar-refractivity contribution >= 4 is 29.2 Å². The number of hydrogen-bond donors (Lipinski definition) is 1. The standard InChI is InChI=1S/C13H11ClFNO5/c14-8-1-2-9(15)10(5-8)16-12(17)7-21-13(18)11-6-19-3-4-20-11/h1-2,5-6H,3-4,7H2,(H,16,17). The van der Waals surface area contributed by atoms with E-state index in [4.69, 9.17) is 25.8 Å². The van der Waals surface area contributed by atoms with Gasteiger partial charge in [-0.05, 0) is 18.2 Å². The number of benzene rings is 1. The summed E-state index contributed by atoms with van der Waals surface area (Å²) in [6.45, 7) is -0.0301. The zero-order chi connectivity index (χ0) is 15.2. The zero-order valence-electron chi connectivity index (χ0n) is 10.7. The summed E-state index contributed by atoms with van der Waals surface area (Å²) in [4.78, 5) is 23.1. The summed E-state index contributed by atoms with van der Waals surface area (Å²) in [5.41, 5.74) is -0.0972. The third-order valence-electron chi connectivity index (χ3n) is 2.39. The van der Waals surface area contributed by atoms with Gasteiger partial charge in [0.15, 0.2) is 6.61 Å². The highest BCUT2D eigenvalue weighted by molar-refractivity contribution is 6.30. The van der Waals surface area contributed by atoms with Crippen LogP contribution in [-0.4, -0.2) is 31.7 Å². The first kappa shape index (κ1) is 15.1. The summed E-state index contributed by atoms with van der Waals surface area (Å²) >= 11 is 5.69. The highest BCUT2D eigenvalue weighted by atomic mass is 35.5. The molecule has 2 rings (SSSR count). The van der Waals surface area contributed by atoms with Gasteiger partial charge in [0.1, 0.15) is 25.3 Å². The molecule has 1 aliphatic heterocycles. The van der Waals surface area contributed by atoms with Gasteiger partial charge in [-0.1, -0.05) is 11.6 Å². The summed E-state index contributed by atoms with van der Waals surface area (Å²) in [7, 11) is 0. The second kappa shape index (κ2) is 6.94. The number of ether oxygens (including phenoxy) is 3. The Morgan fingerprint density at radius 3 is 2.90 bits per heavy atom. The second-order valence-electron chi connectivity index (χ2n) is 3.95. The Bertz CT molecular complexity index is 590. The van der Waals surface area contributed by atoms with Crippen molar-refractivity contribution in [1.29, 1.82) is 0 Å². The lowest BCUT2D eigenvalue weighted by molar-refractivity contribution is -0.148. The first-order valence-corrected chi connectivity index (χ1v) is 6.30. The third-order valence-corrected chi connectivity index (χ3v) is 2.62. The molecule has 6 nitrogen and oxygen atoms in total. The zero-order valence-corrected chi connectivity index (χ0v) is 11.5. The van der Waals surface area contributed by atoms with E-state index >= 15 is 0 Å². The lowest BCUT2D eigenvalue weighted by Crippen LogP contribution is -2.24. The summed E-state index contributed by atoms with van der Waals surface area (Å²) in [6, 6.07) is 3.71. The molecule has 1 aliphatic rings. The molecule has 0 spiro atoms. The minimum atomic E-state index is -0.837. The average molecular weight is 316 g/mol. The molecule has 0 saturated heterocycles. The minimum absolute atomic E-state index is 0.0972. The summed E-state index contributed by atoms with van der Waals surface area (Å²) < 4.78 is 28.0. The summed E-state index contributed by atoms with van der Waals surface area (Å²) in [6.07, 6.45) is 1.11. The third kappa shape index (κ3) is 4.35. The molecule has 1 aromatic rings. The summed E-state index contributed by atoms with van der Waals surface area (Å²) in [5.74, 6) is -2.31. The first-order valence-electron chi connectivity index (χ1n) is 5.93. The maximum Gasteiger partial charge on any atom is 0.377 e. The van der Waals surface area contributed by atoms with Gasteiger partial charge in [-0.3, -0.25) is 4.79 Å². The Balaban J connectivity index is 1.86. The number of esters is 1. The number of amides is 1. The number of hydrogen-bond acceptors (Lipinski definition) is 5. The van der Waals surface area contributed by atoms with Crippen LogP contribution in [0.5, 0.6) is 0 Å². The molecule has 0 saturated carbocycles. The number of nitrogens with one attached hydrogen (secondary N) is 1. The van der Waals surface area contributed by atoms with Crippen molar-refractivity contribution in [2.45, 2.75) is 0 Å². The van der Waals surface area contributed by atoms with E-state index in [1.54, 1.807) is 0 Å². The molecule has 0 aliphatic carbocycles. The minimum Gasteiger partial charge on any atom is -0.493 e. The van der Waals surface area contributed by atoms with E-state index in [1.165, 1.54) is 12.1 Å². The van der Waals surface area contributed by atoms with Crippen LogP contribution < -0.4 is 5.32 Å². The quantitative estimate of drug-likeness (QED) is 0.858. The van der Waals surface area contributed by atoms with E-state index < -0.39 is 24.3 Å². The summed E-state index contributed by atoms with van der Waals surface area (Å²) in [5, 5.41) is 2.51. The van der Waals surface area contributed by atoms with E-state index in [9.17, 15) is 14.0 Å². The molecule has 0 fully saturated rings. The van der Waals surface area contributed by atoms with Gasteiger partial charge in [0.05, 0.1) is 5.69 Å². The smallest absolute Gasteiger partial charge is 0.377 e. The van der Waals surface area contributed by atoms with Gasteiger partial charge in [0, 0.05) is 5.02 Å². The Labute approximate surface area is 124 Å². The maximum absolute atomic E-state index is 13.4. The Hall–Kier alpha value is -2.28. The Kier molecular flexibility index (Phi) is 4.99. The van der Waals surface area contributed by atoms with Crippen LogP contribution in [0.1, 0.15) is 0 Å². The van der Waals surface area contributed by atoms with Crippen LogP contribution in [0.4, 0.5) is 10.1 Å². The fourth-order valence-electron chi connectivity index (χ4n) is 1.46. The van der Waals surface area contributed by atoms with E-state index in [1.807, 2.05) is 0 Å². The molecule has 112 valence electrons. The monoisotopic (exact) mass is 315 g/mol. The molecule has 0 atom stereocenters. The highest BCUT2D eigenvalue weighted by Crippen LogP contribution is 2.19. The predicted molar refractivity (Wildman–Crippen MR) is 71.0 cm³/mol. The molecule has 8 heteroatoms. The molecule has 0 unspecified atom stereocenters. The SMILES string of the molecule is O=C(COC(=O)C1=COCCO1)Nc1cc(Cl)ccc1F. The van der Waals surface area contributed by atoms with Gasteiger partial charge in [-0.2, -0.15) is 0 Å². The van der Waals surface area contributed by atoms with Crippen LogP contribution in [0.3, 0.4) is 0 Å². The molecule has 21 heavy (non-hydrogen) atoms. The molecular formula is C13H11ClFNO5. The maximum atomic E-state index is 13.4. The lowest BCUT2D eigenvalue weighted by atomic mass is 10.3. The lowest BCUT2D eigenvalue weighted by Gasteiger charge is -2.14. The van der Waals surface area contributed by atoms with E-state index in [0.29, 0.717) is 6.61 Å². The Morgan fingerprint density at radius 2 is 2.19 bits per heavy atom. The van der Waals surface area contributed by atoms with Crippen molar-refractivity contribution in [1.82, 2.24) is 0 Å². The number of carbonyl (C=O) groups excluding carboxylic acids is 2. The molecule has 0 radical (unpaired) electrons. The van der Waals surface area contributed by atoms with E-state index in [2.05, 4.69) is 5.32 Å². The fourth-order valence-corrected chi connectivity index (χ4v) is 1.63. The van der Waals surface area contributed by atoms with Crippen molar-refractivity contribution in [3.63, 3.8) is 0 Å². The number of rotatable bonds is 4. The Morgan fingerprint density at radius 1 is 1.38 bits per heavy atom. The van der Waals surface area contributed by atoms with Crippen molar-refractivity contribution in [3.8, 4) is 0 Å². The number of carbonyl (C=O) groups is 2. The highest BCUT2D eigenvalue weighted by Gasteiger charge is 2.18. The van der Waals surface area contributed by atoms with Crippen LogP contribution in [0.25, 0.3) is 0 Å². The van der Waals surface area contributed by atoms with Crippen LogP contribution in [-0.2, 0) is 23.8 Å². The molecule has 1 aromatic carbocycles. The van der Waals surface area contributed by atoms with Crippen LogP contribution in [0.15, 0.2) is 30.2 Å². The number of halogens is 2. The van der Waals surface area contributed by atoms with Crippen molar-refractivity contribution in [3.05, 3.63) is 41.1 Å². The van der Waals surface area contributed by atoms with Crippen LogP contribution >= 0.6 is 11.6 Å². The largest absolute Gasteiger partial charge is 0.493 e. The van der Waals surface area contributed by atoms with Crippen LogP contribution in [0, 0.1) is 5.82 Å². The number of anilines is 1.